The van der Waals surface area contributed by atoms with Crippen LogP contribution in [0, 0.1) is 6.92 Å². The van der Waals surface area contributed by atoms with Crippen LogP contribution in [0.3, 0.4) is 0 Å². The second kappa shape index (κ2) is 4.82. The van der Waals surface area contributed by atoms with E-state index < -0.39 is 0 Å². The highest BCUT2D eigenvalue weighted by Gasteiger charge is 2.11. The van der Waals surface area contributed by atoms with Crippen LogP contribution in [0.5, 0.6) is 0 Å². The summed E-state index contributed by atoms with van der Waals surface area (Å²) in [7, 11) is 0. The first-order valence-corrected chi connectivity index (χ1v) is 4.47. The standard InChI is InChI=1S/C10H18Cl/c1-5-9(2)7-6-8-10(3,4)11/h5H,1,6-8H2,2-4H3. The summed E-state index contributed by atoms with van der Waals surface area (Å²) in [5.41, 5.74) is 1.35. The summed E-state index contributed by atoms with van der Waals surface area (Å²) in [6.45, 7) is 9.92. The molecule has 0 fully saturated rings. The van der Waals surface area contributed by atoms with Gasteiger partial charge in [0.1, 0.15) is 0 Å². The Hall–Kier alpha value is 0.0300. The van der Waals surface area contributed by atoms with Crippen molar-refractivity contribution in [3.63, 3.8) is 0 Å². The van der Waals surface area contributed by atoms with Crippen molar-refractivity contribution < 1.29 is 0 Å². The van der Waals surface area contributed by atoms with E-state index in [1.54, 1.807) is 0 Å². The highest BCUT2D eigenvalue weighted by Crippen LogP contribution is 2.21. The first-order chi connectivity index (χ1) is 4.95. The Morgan fingerprint density at radius 2 is 2.09 bits per heavy atom. The first kappa shape index (κ1) is 11.0. The lowest BCUT2D eigenvalue weighted by Gasteiger charge is -2.14. The van der Waals surface area contributed by atoms with Crippen LogP contribution in [-0.4, -0.2) is 4.87 Å². The van der Waals surface area contributed by atoms with Crippen molar-refractivity contribution in [1.29, 1.82) is 0 Å². The molecule has 0 aliphatic carbocycles. The van der Waals surface area contributed by atoms with Crippen LogP contribution in [0.25, 0.3) is 0 Å². The minimum absolute atomic E-state index is 0.0402. The molecule has 0 aliphatic heterocycles. The lowest BCUT2D eigenvalue weighted by Crippen LogP contribution is -2.08. The van der Waals surface area contributed by atoms with Gasteiger partial charge in [-0.3, -0.25) is 0 Å². The number of alkyl halides is 1. The second-order valence-electron chi connectivity index (χ2n) is 3.62. The number of hydrogen-bond donors (Lipinski definition) is 0. The van der Waals surface area contributed by atoms with Gasteiger partial charge in [-0.25, -0.2) is 0 Å². The Labute approximate surface area is 75.6 Å². The first-order valence-electron chi connectivity index (χ1n) is 4.09. The van der Waals surface area contributed by atoms with Crippen LogP contribution < -0.4 is 0 Å². The molecule has 0 atom stereocenters. The minimum atomic E-state index is -0.0402. The summed E-state index contributed by atoms with van der Waals surface area (Å²) in [6.07, 6.45) is 5.27. The van der Waals surface area contributed by atoms with Gasteiger partial charge < -0.3 is 0 Å². The molecule has 1 heteroatoms. The molecule has 0 rings (SSSR count). The summed E-state index contributed by atoms with van der Waals surface area (Å²) >= 11 is 6.02. The zero-order valence-corrected chi connectivity index (χ0v) is 8.54. The summed E-state index contributed by atoms with van der Waals surface area (Å²) in [5, 5.41) is 0. The number of rotatable bonds is 4. The Bertz CT molecular complexity index is 128. The Kier molecular flexibility index (Phi) is 4.83. The van der Waals surface area contributed by atoms with Gasteiger partial charge in [-0.15, -0.1) is 11.6 Å². The van der Waals surface area contributed by atoms with Gasteiger partial charge in [-0.1, -0.05) is 11.6 Å². The molecule has 0 aromatic carbocycles. The SMILES string of the molecule is [CH2]C=C(C)CCCC(C)(C)Cl. The zero-order chi connectivity index (χ0) is 8.91. The van der Waals surface area contributed by atoms with Crippen molar-refractivity contribution in [2.24, 2.45) is 0 Å². The largest absolute Gasteiger partial charge is 0.120 e. The second-order valence-corrected chi connectivity index (χ2v) is 4.65. The number of halogens is 1. The van der Waals surface area contributed by atoms with E-state index in [0.29, 0.717) is 0 Å². The molecule has 0 unspecified atom stereocenters. The van der Waals surface area contributed by atoms with Gasteiger partial charge in [0.05, 0.1) is 0 Å². The van der Waals surface area contributed by atoms with Crippen molar-refractivity contribution in [3.05, 3.63) is 18.6 Å². The van der Waals surface area contributed by atoms with Crippen LogP contribution in [0.4, 0.5) is 0 Å². The van der Waals surface area contributed by atoms with Gasteiger partial charge in [0.15, 0.2) is 0 Å². The fraction of sp³-hybridized carbons (Fsp3) is 0.700. The van der Waals surface area contributed by atoms with Gasteiger partial charge in [-0.05, 0) is 47.0 Å². The van der Waals surface area contributed by atoms with Crippen LogP contribution in [0.15, 0.2) is 11.6 Å². The Morgan fingerprint density at radius 1 is 1.55 bits per heavy atom. The van der Waals surface area contributed by atoms with Crippen LogP contribution in [0.1, 0.15) is 40.0 Å². The Morgan fingerprint density at radius 3 is 2.45 bits per heavy atom. The lowest BCUT2D eigenvalue weighted by molar-refractivity contribution is 0.590. The monoisotopic (exact) mass is 173 g/mol. The summed E-state index contributed by atoms with van der Waals surface area (Å²) in [6, 6.07) is 0. The van der Waals surface area contributed by atoms with Crippen molar-refractivity contribution in [3.8, 4) is 0 Å². The van der Waals surface area contributed by atoms with Crippen molar-refractivity contribution in [1.82, 2.24) is 0 Å². The van der Waals surface area contributed by atoms with Crippen LogP contribution in [0.2, 0.25) is 0 Å². The van der Waals surface area contributed by atoms with Gasteiger partial charge in [-0.2, -0.15) is 0 Å². The quantitative estimate of drug-likeness (QED) is 0.565. The maximum atomic E-state index is 6.02. The molecule has 0 amide bonds. The molecule has 1 radical (unpaired) electrons. The predicted molar refractivity (Wildman–Crippen MR) is 52.9 cm³/mol. The summed E-state index contributed by atoms with van der Waals surface area (Å²) in [4.78, 5) is -0.0402. The van der Waals surface area contributed by atoms with E-state index in [1.165, 1.54) is 5.57 Å². The highest BCUT2D eigenvalue weighted by atomic mass is 35.5. The molecular formula is C10H18Cl. The molecule has 0 aromatic rings. The third-order valence-electron chi connectivity index (χ3n) is 1.69. The average molecular weight is 174 g/mol. The molecule has 0 nitrogen and oxygen atoms in total. The van der Waals surface area contributed by atoms with E-state index in [-0.39, 0.29) is 4.87 Å². The fourth-order valence-corrected chi connectivity index (χ4v) is 1.02. The van der Waals surface area contributed by atoms with E-state index in [4.69, 9.17) is 11.6 Å². The van der Waals surface area contributed by atoms with E-state index in [9.17, 15) is 0 Å². The van der Waals surface area contributed by atoms with Gasteiger partial charge >= 0.3 is 0 Å². The predicted octanol–water partition coefficient (Wildman–Crippen LogP) is 3.95. The van der Waals surface area contributed by atoms with Crippen molar-refractivity contribution >= 4 is 11.6 Å². The third kappa shape index (κ3) is 7.93. The molecule has 11 heavy (non-hydrogen) atoms. The molecular weight excluding hydrogens is 156 g/mol. The van der Waals surface area contributed by atoms with Crippen molar-refractivity contribution in [2.45, 2.75) is 44.9 Å². The van der Waals surface area contributed by atoms with Gasteiger partial charge in [0, 0.05) is 4.87 Å². The molecule has 0 aliphatic rings. The molecule has 0 bridgehead atoms. The molecule has 0 saturated heterocycles. The zero-order valence-electron chi connectivity index (χ0n) is 7.78. The molecule has 0 aromatic heterocycles. The van der Waals surface area contributed by atoms with E-state index in [0.717, 1.165) is 19.3 Å². The van der Waals surface area contributed by atoms with Crippen molar-refractivity contribution in [2.75, 3.05) is 0 Å². The normalized spacial score (nSPS) is 13.7. The topological polar surface area (TPSA) is 0 Å². The van der Waals surface area contributed by atoms with Crippen LogP contribution in [-0.2, 0) is 0 Å². The smallest absolute Gasteiger partial charge is 0.0390 e. The number of hydrogen-bond acceptors (Lipinski definition) is 0. The molecule has 0 spiro atoms. The fourth-order valence-electron chi connectivity index (χ4n) is 0.890. The van der Waals surface area contributed by atoms with Gasteiger partial charge in [0.2, 0.25) is 0 Å². The maximum absolute atomic E-state index is 6.02. The Balaban J connectivity index is 3.43. The summed E-state index contributed by atoms with van der Waals surface area (Å²) in [5.74, 6) is 0. The molecule has 0 saturated carbocycles. The van der Waals surface area contributed by atoms with E-state index in [1.807, 2.05) is 6.08 Å². The van der Waals surface area contributed by atoms with Gasteiger partial charge in [0.25, 0.3) is 0 Å². The third-order valence-corrected chi connectivity index (χ3v) is 1.88. The maximum Gasteiger partial charge on any atom is 0.0390 e. The molecule has 0 heterocycles. The number of allylic oxidation sites excluding steroid dienone is 2. The van der Waals surface area contributed by atoms with E-state index >= 15 is 0 Å². The highest BCUT2D eigenvalue weighted by molar-refractivity contribution is 6.23. The molecule has 65 valence electrons. The lowest BCUT2D eigenvalue weighted by atomic mass is 10.0. The average Bonchev–Trinajstić information content (AvgIpc) is 1.85. The molecule has 0 N–H and O–H groups in total. The summed E-state index contributed by atoms with van der Waals surface area (Å²) < 4.78 is 0. The minimum Gasteiger partial charge on any atom is -0.120 e. The van der Waals surface area contributed by atoms with Crippen LogP contribution >= 0.6 is 11.6 Å². The van der Waals surface area contributed by atoms with E-state index in [2.05, 4.69) is 27.7 Å².